The van der Waals surface area contributed by atoms with Crippen LogP contribution in [0.3, 0.4) is 0 Å². The molecule has 0 unspecified atom stereocenters. The first-order chi connectivity index (χ1) is 16.1. The molecule has 1 aliphatic carbocycles. The lowest BCUT2D eigenvalue weighted by atomic mass is 10.0. The molecule has 0 atom stereocenters. The number of nitrogen functional groups attached to an aromatic ring is 1. The van der Waals surface area contributed by atoms with Crippen molar-refractivity contribution in [3.63, 3.8) is 0 Å². The number of urea groups is 1. The Balaban J connectivity index is 1.59. The number of hydrogen-bond acceptors (Lipinski definition) is 6. The van der Waals surface area contributed by atoms with Gasteiger partial charge in [-0.25, -0.2) is 10.6 Å². The number of piperidine rings is 1. The first-order valence-electron chi connectivity index (χ1n) is 11.5. The van der Waals surface area contributed by atoms with E-state index in [1.165, 1.54) is 4.68 Å². The van der Waals surface area contributed by atoms with Crippen molar-refractivity contribution in [2.75, 3.05) is 30.5 Å². The van der Waals surface area contributed by atoms with Crippen LogP contribution >= 0.6 is 0 Å². The molecule has 5 rings (SSSR count). The summed E-state index contributed by atoms with van der Waals surface area (Å²) in [7, 11) is 0. The minimum absolute atomic E-state index is 0.0118. The molecule has 0 spiro atoms. The largest absolute Gasteiger partial charge is 0.339 e. The van der Waals surface area contributed by atoms with Crippen LogP contribution in [0.15, 0.2) is 48.5 Å². The summed E-state index contributed by atoms with van der Waals surface area (Å²) in [6.07, 6.45) is 14.4. The van der Waals surface area contributed by atoms with Crippen LogP contribution in [0.25, 0.3) is 11.3 Å². The van der Waals surface area contributed by atoms with Gasteiger partial charge in [-0.3, -0.25) is 19.5 Å². The Hall–Kier alpha value is -3.59. The number of hydrogen-bond donors (Lipinski definition) is 2. The van der Waals surface area contributed by atoms with Crippen LogP contribution in [-0.4, -0.2) is 50.9 Å². The second-order valence-electron chi connectivity index (χ2n) is 8.71. The fourth-order valence-corrected chi connectivity index (χ4v) is 4.91. The van der Waals surface area contributed by atoms with E-state index in [0.717, 1.165) is 56.5 Å². The van der Waals surface area contributed by atoms with E-state index in [0.29, 0.717) is 22.6 Å². The molecule has 172 valence electrons. The highest BCUT2D eigenvalue weighted by atomic mass is 16.2. The molecule has 2 aromatic heterocycles. The zero-order valence-corrected chi connectivity index (χ0v) is 18.6. The number of allylic oxidation sites excluding steroid dienone is 3. The van der Waals surface area contributed by atoms with E-state index in [9.17, 15) is 9.59 Å². The lowest BCUT2D eigenvalue weighted by Crippen LogP contribution is -2.49. The molecule has 9 heteroatoms. The number of carbonyl (C=O) groups excluding carboxylic acids is 2. The summed E-state index contributed by atoms with van der Waals surface area (Å²) < 4.78 is 1.51. The lowest BCUT2D eigenvalue weighted by molar-refractivity contribution is 0.0879. The maximum Gasteiger partial charge on any atom is 0.320 e. The molecule has 0 aromatic carbocycles. The average molecular weight is 448 g/mol. The predicted octanol–water partition coefficient (Wildman–Crippen LogP) is 2.78. The molecule has 9 nitrogen and oxygen atoms in total. The maximum atomic E-state index is 13.5. The van der Waals surface area contributed by atoms with E-state index in [1.54, 1.807) is 22.3 Å². The number of carbonyl (C=O) groups is 2. The van der Waals surface area contributed by atoms with Crippen LogP contribution in [0, 0.1) is 0 Å². The van der Waals surface area contributed by atoms with Crippen LogP contribution in [0.2, 0.25) is 0 Å². The summed E-state index contributed by atoms with van der Waals surface area (Å²) in [4.78, 5) is 34.2. The van der Waals surface area contributed by atoms with Gasteiger partial charge in [0, 0.05) is 31.0 Å². The number of fused-ring (bicyclic) bond motifs is 1. The highest BCUT2D eigenvalue weighted by Crippen LogP contribution is 2.41. The summed E-state index contributed by atoms with van der Waals surface area (Å²) >= 11 is 0. The third kappa shape index (κ3) is 3.78. The molecule has 0 bridgehead atoms. The van der Waals surface area contributed by atoms with Crippen molar-refractivity contribution in [1.82, 2.24) is 19.5 Å². The molecule has 0 saturated carbocycles. The van der Waals surface area contributed by atoms with Crippen molar-refractivity contribution in [2.24, 2.45) is 5.84 Å². The number of aromatic nitrogens is 2. The minimum atomic E-state index is -0.160. The minimum Gasteiger partial charge on any atom is -0.339 e. The SMILES string of the molecule is NN(C1=CCCC=C1)c1c2c(n(N)c1-c1ccncc1)CN(C(=O)N1CCCCC1)CC2=O. The number of ketones is 1. The zero-order valence-electron chi connectivity index (χ0n) is 18.6. The Morgan fingerprint density at radius 3 is 2.48 bits per heavy atom. The summed E-state index contributed by atoms with van der Waals surface area (Å²) in [5.74, 6) is 13.0. The van der Waals surface area contributed by atoms with Gasteiger partial charge in [0.1, 0.15) is 0 Å². The van der Waals surface area contributed by atoms with Crippen molar-refractivity contribution in [2.45, 2.75) is 38.6 Å². The summed E-state index contributed by atoms with van der Waals surface area (Å²) in [5.41, 5.74) is 3.87. The van der Waals surface area contributed by atoms with Gasteiger partial charge in [-0.1, -0.05) is 12.2 Å². The fraction of sp³-hybridized carbons (Fsp3) is 0.375. The monoisotopic (exact) mass is 447 g/mol. The van der Waals surface area contributed by atoms with Crippen LogP contribution in [-0.2, 0) is 6.54 Å². The van der Waals surface area contributed by atoms with E-state index < -0.39 is 0 Å². The molecule has 33 heavy (non-hydrogen) atoms. The van der Waals surface area contributed by atoms with Crippen molar-refractivity contribution in [3.8, 4) is 11.3 Å². The summed E-state index contributed by atoms with van der Waals surface area (Å²) in [6.45, 7) is 1.72. The van der Waals surface area contributed by atoms with Crippen molar-refractivity contribution in [1.29, 1.82) is 0 Å². The normalized spacial score (nSPS) is 18.2. The number of hydrazine groups is 1. The van der Waals surface area contributed by atoms with Crippen LogP contribution in [0.1, 0.15) is 48.2 Å². The van der Waals surface area contributed by atoms with Gasteiger partial charge in [-0.2, -0.15) is 0 Å². The standard InChI is InChI=1S/C24H29N7O2/c25-30(18-7-3-1-4-8-18)23-21-19(31(26)22(23)17-9-11-27-12-10-17)15-29(16-20(21)32)24(33)28-13-5-2-6-14-28/h3,7-12H,1-2,4-6,13-16,25-26H2. The van der Waals surface area contributed by atoms with Crippen LogP contribution in [0.4, 0.5) is 10.5 Å². The van der Waals surface area contributed by atoms with Gasteiger partial charge < -0.3 is 15.6 Å². The van der Waals surface area contributed by atoms with Crippen LogP contribution < -0.4 is 16.7 Å². The first-order valence-corrected chi connectivity index (χ1v) is 11.5. The lowest BCUT2D eigenvalue weighted by Gasteiger charge is -2.34. The Morgan fingerprint density at radius 2 is 1.79 bits per heavy atom. The van der Waals surface area contributed by atoms with Gasteiger partial charge in [0.25, 0.3) is 0 Å². The zero-order chi connectivity index (χ0) is 22.9. The number of amides is 2. The Morgan fingerprint density at radius 1 is 1.03 bits per heavy atom. The van der Waals surface area contributed by atoms with Crippen LogP contribution in [0.5, 0.6) is 0 Å². The summed E-state index contributed by atoms with van der Waals surface area (Å²) in [6, 6.07) is 3.57. The highest BCUT2D eigenvalue weighted by molar-refractivity contribution is 6.09. The first kappa shape index (κ1) is 21.3. The number of nitrogens with zero attached hydrogens (tertiary/aromatic N) is 5. The molecule has 3 aliphatic rings. The third-order valence-corrected chi connectivity index (χ3v) is 6.58. The number of nitrogens with two attached hydrogens (primary N) is 2. The van der Waals surface area contributed by atoms with Crippen molar-refractivity contribution >= 4 is 17.5 Å². The molecule has 0 radical (unpaired) electrons. The van der Waals surface area contributed by atoms with E-state index in [1.807, 2.05) is 23.1 Å². The van der Waals surface area contributed by atoms with Gasteiger partial charge in [0.05, 0.1) is 41.4 Å². The van der Waals surface area contributed by atoms with E-state index in [2.05, 4.69) is 17.1 Å². The van der Waals surface area contributed by atoms with Gasteiger partial charge in [0.15, 0.2) is 5.78 Å². The quantitative estimate of drug-likeness (QED) is 0.552. The number of pyridine rings is 1. The third-order valence-electron chi connectivity index (χ3n) is 6.58. The Bertz CT molecular complexity index is 1130. The Labute approximate surface area is 192 Å². The fourth-order valence-electron chi connectivity index (χ4n) is 4.91. The number of anilines is 1. The summed E-state index contributed by atoms with van der Waals surface area (Å²) in [5, 5.41) is 1.55. The van der Waals surface area contributed by atoms with Crippen molar-refractivity contribution < 1.29 is 9.59 Å². The van der Waals surface area contributed by atoms with E-state index in [-0.39, 0.29) is 24.9 Å². The number of Topliss-reactive ketones (excluding diaryl/α,β-unsaturated/α-hetero) is 1. The topological polar surface area (TPSA) is 114 Å². The second-order valence-corrected chi connectivity index (χ2v) is 8.71. The Kier molecular flexibility index (Phi) is 5.63. The predicted molar refractivity (Wildman–Crippen MR) is 126 cm³/mol. The smallest absolute Gasteiger partial charge is 0.320 e. The molecule has 1 fully saturated rings. The van der Waals surface area contributed by atoms with Gasteiger partial charge in [0.2, 0.25) is 0 Å². The maximum absolute atomic E-state index is 13.5. The molecule has 4 N–H and O–H groups in total. The molecule has 2 aromatic rings. The molecule has 1 saturated heterocycles. The van der Waals surface area contributed by atoms with Gasteiger partial charge >= 0.3 is 6.03 Å². The van der Waals surface area contributed by atoms with Crippen molar-refractivity contribution in [3.05, 3.63) is 59.7 Å². The average Bonchev–Trinajstić information content (AvgIpc) is 3.17. The molecular formula is C24H29N7O2. The van der Waals surface area contributed by atoms with Gasteiger partial charge in [-0.15, -0.1) is 0 Å². The van der Waals surface area contributed by atoms with E-state index in [4.69, 9.17) is 11.7 Å². The molecular weight excluding hydrogens is 418 g/mol. The molecule has 2 aliphatic heterocycles. The number of likely N-dealkylation sites (tertiary alicyclic amines) is 1. The van der Waals surface area contributed by atoms with E-state index >= 15 is 0 Å². The number of rotatable bonds is 3. The molecule has 2 amide bonds. The molecule has 4 heterocycles. The van der Waals surface area contributed by atoms with Gasteiger partial charge in [-0.05, 0) is 50.3 Å². The highest BCUT2D eigenvalue weighted by Gasteiger charge is 2.38. The second kappa shape index (κ2) is 8.74.